The third-order valence-electron chi connectivity index (χ3n) is 7.00. The summed E-state index contributed by atoms with van der Waals surface area (Å²) in [7, 11) is 1.33. The molecule has 1 aromatic carbocycles. The van der Waals surface area contributed by atoms with Crippen LogP contribution < -0.4 is 5.32 Å². The van der Waals surface area contributed by atoms with E-state index in [1.165, 1.54) is 19.4 Å². The van der Waals surface area contributed by atoms with Gasteiger partial charge in [0.25, 0.3) is 5.91 Å². The lowest BCUT2D eigenvalue weighted by molar-refractivity contribution is -0.180. The summed E-state index contributed by atoms with van der Waals surface area (Å²) >= 11 is 0. The number of ether oxygens (including phenoxy) is 2. The molecule has 3 aliphatic rings. The number of piperidine rings is 1. The molecule has 0 aliphatic carbocycles. The fraction of sp³-hybridized carbons (Fsp3) is 0.500. The second-order valence-corrected chi connectivity index (χ2v) is 9.20. The predicted octanol–water partition coefficient (Wildman–Crippen LogP) is 2.55. The Labute approximate surface area is 191 Å². The molecule has 2 atom stereocenters. The van der Waals surface area contributed by atoms with E-state index in [2.05, 4.69) is 5.32 Å². The van der Waals surface area contributed by atoms with Crippen LogP contribution >= 0.6 is 0 Å². The molecule has 1 amide bonds. The van der Waals surface area contributed by atoms with E-state index >= 15 is 0 Å². The molecule has 0 aromatic heterocycles. The molecule has 7 nitrogen and oxygen atoms in total. The minimum absolute atomic E-state index is 0.0145. The summed E-state index contributed by atoms with van der Waals surface area (Å²) in [5.41, 5.74) is -1.32. The number of Topliss-reactive ketones (excluding diaryl/α,β-unsaturated/α-hetero) is 1. The van der Waals surface area contributed by atoms with E-state index in [-0.39, 0.29) is 34.9 Å². The number of aliphatic hydroxyl groups excluding tert-OH is 1. The van der Waals surface area contributed by atoms with Crippen LogP contribution in [0, 0.1) is 17.0 Å². The van der Waals surface area contributed by atoms with Crippen molar-refractivity contribution in [1.82, 2.24) is 10.2 Å². The molecule has 178 valence electrons. The van der Waals surface area contributed by atoms with Crippen molar-refractivity contribution in [2.75, 3.05) is 20.3 Å². The Hall–Kier alpha value is -2.78. The van der Waals surface area contributed by atoms with Gasteiger partial charge >= 0.3 is 0 Å². The number of allylic oxidation sites excluding steroid dienone is 1. The zero-order chi connectivity index (χ0) is 24.0. The number of nitrogens with zero attached hydrogens (tertiary/aromatic N) is 1. The Kier molecular flexibility index (Phi) is 6.05. The zero-order valence-electron chi connectivity index (χ0n) is 18.9. The van der Waals surface area contributed by atoms with Gasteiger partial charge in [0.05, 0.1) is 30.2 Å². The summed E-state index contributed by atoms with van der Waals surface area (Å²) in [4.78, 5) is 28.1. The first-order chi connectivity index (χ1) is 15.6. The smallest absolute Gasteiger partial charge is 0.252 e. The van der Waals surface area contributed by atoms with Crippen molar-refractivity contribution in [3.8, 4) is 0 Å². The molecule has 0 saturated carbocycles. The van der Waals surface area contributed by atoms with E-state index in [9.17, 15) is 23.5 Å². The van der Waals surface area contributed by atoms with Gasteiger partial charge in [-0.15, -0.1) is 0 Å². The zero-order valence-corrected chi connectivity index (χ0v) is 18.9. The SMILES string of the molecule is COC1=C2C(=O)C(C)(C)C3(CCCCO3)CN2C=C(C(=O)NCc2ccc(F)cc2F)C1O. The molecular weight excluding hydrogens is 434 g/mol. The summed E-state index contributed by atoms with van der Waals surface area (Å²) in [5.74, 6) is -2.40. The number of rotatable bonds is 4. The molecule has 3 aliphatic heterocycles. The maximum Gasteiger partial charge on any atom is 0.252 e. The van der Waals surface area contributed by atoms with Crippen molar-refractivity contribution in [3.63, 3.8) is 0 Å². The van der Waals surface area contributed by atoms with Gasteiger partial charge in [0.15, 0.2) is 11.5 Å². The number of carbonyl (C=O) groups excluding carboxylic acids is 2. The Bertz CT molecular complexity index is 1040. The average Bonchev–Trinajstić information content (AvgIpc) is 2.78. The molecule has 2 N–H and O–H groups in total. The molecule has 0 radical (unpaired) electrons. The molecule has 0 bridgehead atoms. The number of nitrogens with one attached hydrogen (secondary N) is 1. The molecule has 1 aromatic rings. The first kappa shape index (κ1) is 23.4. The number of methoxy groups -OCH3 is 1. The average molecular weight is 462 g/mol. The van der Waals surface area contributed by atoms with Gasteiger partial charge in [-0.2, -0.15) is 0 Å². The second-order valence-electron chi connectivity index (χ2n) is 9.20. The Morgan fingerprint density at radius 3 is 2.73 bits per heavy atom. The molecule has 1 spiro atoms. The van der Waals surface area contributed by atoms with Crippen LogP contribution in [0.1, 0.15) is 38.7 Å². The van der Waals surface area contributed by atoms with Crippen LogP contribution in [0.15, 0.2) is 41.4 Å². The van der Waals surface area contributed by atoms with Gasteiger partial charge in [-0.25, -0.2) is 8.78 Å². The number of hydrogen-bond acceptors (Lipinski definition) is 6. The fourth-order valence-electron chi connectivity index (χ4n) is 4.86. The highest BCUT2D eigenvalue weighted by Gasteiger charge is 2.59. The number of ketones is 1. The van der Waals surface area contributed by atoms with Crippen LogP contribution in [-0.2, 0) is 25.6 Å². The lowest BCUT2D eigenvalue weighted by Gasteiger charge is -2.55. The van der Waals surface area contributed by atoms with E-state index in [0.717, 1.165) is 25.0 Å². The van der Waals surface area contributed by atoms with Gasteiger partial charge in [-0.05, 0) is 39.2 Å². The first-order valence-corrected chi connectivity index (χ1v) is 11.0. The molecule has 2 saturated heterocycles. The van der Waals surface area contributed by atoms with E-state index in [0.29, 0.717) is 19.6 Å². The van der Waals surface area contributed by atoms with Crippen molar-refractivity contribution in [2.24, 2.45) is 5.41 Å². The minimum atomic E-state index is -1.47. The van der Waals surface area contributed by atoms with Crippen LogP contribution in [-0.4, -0.2) is 53.7 Å². The van der Waals surface area contributed by atoms with Crippen molar-refractivity contribution >= 4 is 11.7 Å². The minimum Gasteiger partial charge on any atom is -0.496 e. The van der Waals surface area contributed by atoms with E-state index < -0.39 is 34.7 Å². The highest BCUT2D eigenvalue weighted by atomic mass is 19.1. The Morgan fingerprint density at radius 1 is 1.33 bits per heavy atom. The van der Waals surface area contributed by atoms with Gasteiger partial charge < -0.3 is 24.8 Å². The van der Waals surface area contributed by atoms with Gasteiger partial charge in [0.2, 0.25) is 0 Å². The molecule has 2 unspecified atom stereocenters. The van der Waals surface area contributed by atoms with Crippen LogP contribution in [0.4, 0.5) is 8.78 Å². The normalized spacial score (nSPS) is 26.7. The summed E-state index contributed by atoms with van der Waals surface area (Å²) in [6.07, 6.45) is 2.50. The van der Waals surface area contributed by atoms with Gasteiger partial charge in [-0.1, -0.05) is 6.07 Å². The summed E-state index contributed by atoms with van der Waals surface area (Å²) < 4.78 is 38.6. The maximum absolute atomic E-state index is 13.9. The monoisotopic (exact) mass is 462 g/mol. The quantitative estimate of drug-likeness (QED) is 0.715. The van der Waals surface area contributed by atoms with Crippen molar-refractivity contribution < 1.29 is 33.0 Å². The second kappa shape index (κ2) is 8.53. The number of benzene rings is 1. The van der Waals surface area contributed by atoms with Crippen molar-refractivity contribution in [1.29, 1.82) is 0 Å². The fourth-order valence-corrected chi connectivity index (χ4v) is 4.86. The predicted molar refractivity (Wildman–Crippen MR) is 114 cm³/mol. The third-order valence-corrected chi connectivity index (χ3v) is 7.00. The molecular formula is C24H28F2N2O5. The van der Waals surface area contributed by atoms with Gasteiger partial charge in [-0.3, -0.25) is 9.59 Å². The number of fused-ring (bicyclic) bond motifs is 1. The number of aliphatic hydroxyl groups is 1. The summed E-state index contributed by atoms with van der Waals surface area (Å²) in [6.45, 7) is 4.35. The largest absolute Gasteiger partial charge is 0.496 e. The third kappa shape index (κ3) is 3.83. The van der Waals surface area contributed by atoms with Crippen molar-refractivity contribution in [3.05, 3.63) is 58.6 Å². The molecule has 33 heavy (non-hydrogen) atoms. The molecule has 3 heterocycles. The number of hydrogen-bond donors (Lipinski definition) is 2. The van der Waals surface area contributed by atoms with E-state index in [1.54, 1.807) is 4.90 Å². The molecule has 2 fully saturated rings. The summed E-state index contributed by atoms with van der Waals surface area (Å²) in [6, 6.07) is 3.08. The van der Waals surface area contributed by atoms with E-state index in [4.69, 9.17) is 9.47 Å². The Morgan fingerprint density at radius 2 is 2.09 bits per heavy atom. The number of halogens is 2. The molecule has 4 rings (SSSR count). The van der Waals surface area contributed by atoms with Crippen molar-refractivity contribution in [2.45, 2.75) is 51.4 Å². The first-order valence-electron chi connectivity index (χ1n) is 11.0. The highest BCUT2D eigenvalue weighted by molar-refractivity contribution is 6.03. The van der Waals surface area contributed by atoms with Crippen LogP contribution in [0.25, 0.3) is 0 Å². The molecule has 9 heteroatoms. The summed E-state index contributed by atoms with van der Waals surface area (Å²) in [5, 5.41) is 13.4. The lowest BCUT2D eigenvalue weighted by atomic mass is 9.64. The lowest BCUT2D eigenvalue weighted by Crippen LogP contribution is -2.64. The topological polar surface area (TPSA) is 88.1 Å². The van der Waals surface area contributed by atoms with Gasteiger partial charge in [0, 0.05) is 31.0 Å². The standard InChI is InChI=1S/C24H28F2N2O5/c1-23(2)21(30)18-20(32-3)19(29)16(12-28(18)13-24(23)8-4-5-9-33-24)22(31)27-11-14-6-7-15(25)10-17(14)26/h6-7,10,12,19,29H,4-5,8-9,11,13H2,1-3H3,(H,27,31). The Balaban J connectivity index is 1.63. The number of carbonyl (C=O) groups is 2. The van der Waals surface area contributed by atoms with E-state index in [1.807, 2.05) is 13.8 Å². The van der Waals surface area contributed by atoms with Crippen LogP contribution in [0.3, 0.4) is 0 Å². The van der Waals surface area contributed by atoms with Crippen LogP contribution in [0.2, 0.25) is 0 Å². The van der Waals surface area contributed by atoms with Crippen LogP contribution in [0.5, 0.6) is 0 Å². The highest BCUT2D eigenvalue weighted by Crippen LogP contribution is 2.49. The maximum atomic E-state index is 13.9. The van der Waals surface area contributed by atoms with Gasteiger partial charge in [0.1, 0.15) is 23.4 Å². The number of amides is 1.